The molecule has 0 radical (unpaired) electrons. The lowest BCUT2D eigenvalue weighted by Gasteiger charge is -2.08. The van der Waals surface area contributed by atoms with E-state index in [0.29, 0.717) is 16.2 Å². The summed E-state index contributed by atoms with van der Waals surface area (Å²) in [7, 11) is 0. The van der Waals surface area contributed by atoms with E-state index in [9.17, 15) is 4.79 Å². The van der Waals surface area contributed by atoms with Gasteiger partial charge in [0.05, 0.1) is 6.20 Å². The summed E-state index contributed by atoms with van der Waals surface area (Å²) in [4.78, 5) is 16.2. The monoisotopic (exact) mass is 346 g/mol. The molecule has 0 aliphatic heterocycles. The average Bonchev–Trinajstić information content (AvgIpc) is 3.12. The Labute approximate surface area is 129 Å². The van der Waals surface area contributed by atoms with Gasteiger partial charge in [0.1, 0.15) is 6.26 Å². The molecule has 0 atom stereocenters. The maximum Gasteiger partial charge on any atom is 0.291 e. The number of hydrogen-bond donors (Lipinski definition) is 1. The minimum Gasteiger partial charge on any atom is -0.445 e. The zero-order chi connectivity index (χ0) is 14.8. The van der Waals surface area contributed by atoms with Gasteiger partial charge in [-0.2, -0.15) is 0 Å². The minimum atomic E-state index is -0.312. The van der Waals surface area contributed by atoms with Gasteiger partial charge in [-0.3, -0.25) is 4.79 Å². The molecule has 0 bridgehead atoms. The number of oxazole rings is 1. The summed E-state index contributed by atoms with van der Waals surface area (Å²) >= 11 is 3.17. The number of hydrogen-bond acceptors (Lipinski definition) is 4. The van der Waals surface area contributed by atoms with E-state index < -0.39 is 0 Å². The smallest absolute Gasteiger partial charge is 0.291 e. The molecular weight excluding hydrogens is 336 g/mol. The van der Waals surface area contributed by atoms with Gasteiger partial charge in [-0.15, -0.1) is 0 Å². The van der Waals surface area contributed by atoms with Crippen molar-refractivity contribution >= 4 is 27.5 Å². The van der Waals surface area contributed by atoms with Crippen LogP contribution in [0, 0.1) is 6.92 Å². The second-order valence-corrected chi connectivity index (χ2v) is 5.21. The number of nitrogens with zero attached hydrogens (tertiary/aromatic N) is 1. The molecule has 1 N–H and O–H groups in total. The highest BCUT2D eigenvalue weighted by Crippen LogP contribution is 2.25. The van der Waals surface area contributed by atoms with Crippen molar-refractivity contribution in [3.05, 3.63) is 58.8 Å². The van der Waals surface area contributed by atoms with E-state index in [1.54, 1.807) is 18.3 Å². The Morgan fingerprint density at radius 2 is 2.14 bits per heavy atom. The number of carbonyl (C=O) groups excluding carboxylic acids is 1. The van der Waals surface area contributed by atoms with Crippen LogP contribution in [-0.2, 0) is 0 Å². The third-order valence-corrected chi connectivity index (χ3v) is 3.39. The lowest BCUT2D eigenvalue weighted by atomic mass is 10.1. The number of anilines is 1. The second kappa shape index (κ2) is 5.57. The maximum absolute atomic E-state index is 12.1. The Morgan fingerprint density at radius 1 is 1.29 bits per heavy atom. The SMILES string of the molecule is Cc1ccc(-c2ncco2)cc1NC(=O)c1ccc(Br)o1. The highest BCUT2D eigenvalue weighted by Gasteiger charge is 2.13. The van der Waals surface area contributed by atoms with E-state index in [4.69, 9.17) is 8.83 Å². The Kier molecular flexibility index (Phi) is 3.62. The number of benzene rings is 1. The van der Waals surface area contributed by atoms with Crippen molar-refractivity contribution in [3.8, 4) is 11.5 Å². The third kappa shape index (κ3) is 2.90. The number of aryl methyl sites for hydroxylation is 1. The predicted molar refractivity (Wildman–Crippen MR) is 81.0 cm³/mol. The van der Waals surface area contributed by atoms with Crippen LogP contribution in [0.3, 0.4) is 0 Å². The fourth-order valence-corrected chi connectivity index (χ4v) is 2.18. The van der Waals surface area contributed by atoms with Crippen molar-refractivity contribution in [2.24, 2.45) is 0 Å². The lowest BCUT2D eigenvalue weighted by molar-refractivity contribution is 0.0995. The van der Waals surface area contributed by atoms with E-state index in [0.717, 1.165) is 11.1 Å². The van der Waals surface area contributed by atoms with Crippen molar-refractivity contribution in [3.63, 3.8) is 0 Å². The number of amides is 1. The van der Waals surface area contributed by atoms with Crippen molar-refractivity contribution in [1.82, 2.24) is 4.98 Å². The Bertz CT molecular complexity index is 778. The first-order chi connectivity index (χ1) is 10.1. The first-order valence-corrected chi connectivity index (χ1v) is 7.00. The topological polar surface area (TPSA) is 68.3 Å². The Morgan fingerprint density at radius 3 is 2.81 bits per heavy atom. The summed E-state index contributed by atoms with van der Waals surface area (Å²) in [5, 5.41) is 2.82. The van der Waals surface area contributed by atoms with E-state index in [-0.39, 0.29) is 11.7 Å². The van der Waals surface area contributed by atoms with Crippen molar-refractivity contribution in [1.29, 1.82) is 0 Å². The zero-order valence-electron chi connectivity index (χ0n) is 11.1. The fraction of sp³-hybridized carbons (Fsp3) is 0.0667. The molecule has 2 heterocycles. The van der Waals surface area contributed by atoms with Crippen LogP contribution in [0.5, 0.6) is 0 Å². The van der Waals surface area contributed by atoms with Crippen molar-refractivity contribution in [2.75, 3.05) is 5.32 Å². The van der Waals surface area contributed by atoms with Gasteiger partial charge in [-0.05, 0) is 52.7 Å². The van der Waals surface area contributed by atoms with Crippen LogP contribution in [0.25, 0.3) is 11.5 Å². The van der Waals surface area contributed by atoms with Gasteiger partial charge in [0, 0.05) is 11.3 Å². The van der Waals surface area contributed by atoms with Gasteiger partial charge in [0.15, 0.2) is 10.4 Å². The molecule has 3 rings (SSSR count). The first kappa shape index (κ1) is 13.6. The van der Waals surface area contributed by atoms with E-state index in [1.165, 1.54) is 6.26 Å². The molecule has 0 aliphatic carbocycles. The summed E-state index contributed by atoms with van der Waals surface area (Å²) in [6.07, 6.45) is 3.08. The lowest BCUT2D eigenvalue weighted by Crippen LogP contribution is -2.11. The number of carbonyl (C=O) groups is 1. The van der Waals surface area contributed by atoms with E-state index in [2.05, 4.69) is 26.2 Å². The van der Waals surface area contributed by atoms with Crippen LogP contribution in [0.4, 0.5) is 5.69 Å². The third-order valence-electron chi connectivity index (χ3n) is 2.96. The summed E-state index contributed by atoms with van der Waals surface area (Å²) < 4.78 is 11.0. The van der Waals surface area contributed by atoms with Gasteiger partial charge in [0.2, 0.25) is 5.89 Å². The van der Waals surface area contributed by atoms with Crippen LogP contribution in [-0.4, -0.2) is 10.9 Å². The summed E-state index contributed by atoms with van der Waals surface area (Å²) in [6, 6.07) is 8.88. The maximum atomic E-state index is 12.1. The van der Waals surface area contributed by atoms with Crippen LogP contribution < -0.4 is 5.32 Å². The molecule has 21 heavy (non-hydrogen) atoms. The van der Waals surface area contributed by atoms with E-state index in [1.807, 2.05) is 25.1 Å². The predicted octanol–water partition coefficient (Wildman–Crippen LogP) is 4.26. The summed E-state index contributed by atoms with van der Waals surface area (Å²) in [6.45, 7) is 1.91. The van der Waals surface area contributed by atoms with Gasteiger partial charge < -0.3 is 14.2 Å². The van der Waals surface area contributed by atoms with E-state index >= 15 is 0 Å². The Balaban J connectivity index is 1.88. The second-order valence-electron chi connectivity index (χ2n) is 4.42. The number of halogens is 1. The molecule has 6 heteroatoms. The van der Waals surface area contributed by atoms with Gasteiger partial charge in [0.25, 0.3) is 5.91 Å². The molecule has 0 fully saturated rings. The summed E-state index contributed by atoms with van der Waals surface area (Å²) in [5.41, 5.74) is 2.41. The molecule has 0 aliphatic rings. The number of furan rings is 1. The molecule has 0 saturated carbocycles. The van der Waals surface area contributed by atoms with Gasteiger partial charge in [-0.1, -0.05) is 6.07 Å². The fourth-order valence-electron chi connectivity index (χ4n) is 1.88. The standard InChI is InChI=1S/C15H11BrN2O3/c1-9-2-3-10(15-17-6-7-20-15)8-11(9)18-14(19)12-4-5-13(16)21-12/h2-8H,1H3,(H,18,19). The molecule has 2 aromatic heterocycles. The largest absolute Gasteiger partial charge is 0.445 e. The normalized spacial score (nSPS) is 10.6. The minimum absolute atomic E-state index is 0.239. The van der Waals surface area contributed by atoms with Crippen LogP contribution in [0.1, 0.15) is 16.1 Å². The molecule has 1 aromatic carbocycles. The number of rotatable bonds is 3. The van der Waals surface area contributed by atoms with Crippen LogP contribution in [0.15, 0.2) is 56.3 Å². The molecule has 0 saturated heterocycles. The van der Waals surface area contributed by atoms with Crippen molar-refractivity contribution in [2.45, 2.75) is 6.92 Å². The first-order valence-electron chi connectivity index (χ1n) is 6.21. The average molecular weight is 347 g/mol. The zero-order valence-corrected chi connectivity index (χ0v) is 12.7. The highest BCUT2D eigenvalue weighted by molar-refractivity contribution is 9.10. The molecule has 3 aromatic rings. The molecule has 106 valence electrons. The number of aromatic nitrogens is 1. The quantitative estimate of drug-likeness (QED) is 0.769. The molecule has 5 nitrogen and oxygen atoms in total. The number of nitrogens with one attached hydrogen (secondary N) is 1. The molecule has 1 amide bonds. The Hall–Kier alpha value is -2.34. The van der Waals surface area contributed by atoms with Gasteiger partial charge in [-0.25, -0.2) is 4.98 Å². The molecule has 0 spiro atoms. The van der Waals surface area contributed by atoms with Crippen LogP contribution in [0.2, 0.25) is 0 Å². The molecular formula is C15H11BrN2O3. The summed E-state index contributed by atoms with van der Waals surface area (Å²) in [5.74, 6) is 0.433. The molecule has 0 unspecified atom stereocenters. The van der Waals surface area contributed by atoms with Crippen LogP contribution >= 0.6 is 15.9 Å². The highest BCUT2D eigenvalue weighted by atomic mass is 79.9. The van der Waals surface area contributed by atoms with Crippen molar-refractivity contribution < 1.29 is 13.6 Å². The van der Waals surface area contributed by atoms with Gasteiger partial charge >= 0.3 is 0 Å².